The van der Waals surface area contributed by atoms with Crippen molar-refractivity contribution < 1.29 is 9.13 Å². The Bertz CT molecular complexity index is 540. The van der Waals surface area contributed by atoms with Crippen LogP contribution in [0.1, 0.15) is 5.69 Å². The first-order valence-corrected chi connectivity index (χ1v) is 4.89. The van der Waals surface area contributed by atoms with Gasteiger partial charge in [0.25, 0.3) is 0 Å². The second kappa shape index (κ2) is 4.61. The lowest BCUT2D eigenvalue weighted by Crippen LogP contribution is -2.12. The van der Waals surface area contributed by atoms with Crippen LogP contribution in [0.5, 0.6) is 11.5 Å². The van der Waals surface area contributed by atoms with E-state index in [1.165, 1.54) is 18.3 Å². The molecule has 2 rings (SSSR count). The summed E-state index contributed by atoms with van der Waals surface area (Å²) in [6.45, 7) is 0. The average Bonchev–Trinajstić information content (AvgIpc) is 2.29. The van der Waals surface area contributed by atoms with Crippen LogP contribution in [-0.2, 0) is 0 Å². The number of aromatic nitrogens is 1. The molecule has 1 aromatic heterocycles. The molecule has 1 heterocycles. The van der Waals surface area contributed by atoms with Gasteiger partial charge in [0, 0.05) is 6.07 Å². The molecular weight excluding hydrogens is 221 g/mol. The molecule has 0 aliphatic heterocycles. The molecule has 0 aliphatic rings. The van der Waals surface area contributed by atoms with E-state index in [0.29, 0.717) is 17.2 Å². The van der Waals surface area contributed by atoms with Gasteiger partial charge in [0.2, 0.25) is 0 Å². The highest BCUT2D eigenvalue weighted by Crippen LogP contribution is 2.20. The third kappa shape index (κ3) is 2.78. The Morgan fingerprint density at radius 3 is 2.65 bits per heavy atom. The van der Waals surface area contributed by atoms with Gasteiger partial charge in [-0.05, 0) is 24.3 Å². The van der Waals surface area contributed by atoms with Gasteiger partial charge in [0.15, 0.2) is 0 Å². The van der Waals surface area contributed by atoms with E-state index in [-0.39, 0.29) is 11.7 Å². The molecule has 5 heteroatoms. The zero-order valence-electron chi connectivity index (χ0n) is 8.85. The van der Waals surface area contributed by atoms with E-state index >= 15 is 0 Å². The van der Waals surface area contributed by atoms with Crippen LogP contribution in [0.25, 0.3) is 0 Å². The van der Waals surface area contributed by atoms with Crippen LogP contribution in [-0.4, -0.2) is 10.8 Å². The predicted octanol–water partition coefficient (Wildman–Crippen LogP) is 2.30. The minimum absolute atomic E-state index is 0.109. The first-order chi connectivity index (χ1) is 8.15. The second-order valence-corrected chi connectivity index (χ2v) is 3.35. The van der Waals surface area contributed by atoms with Gasteiger partial charge in [-0.15, -0.1) is 0 Å². The van der Waals surface area contributed by atoms with Crippen LogP contribution < -0.4 is 10.5 Å². The Morgan fingerprint density at radius 2 is 2.06 bits per heavy atom. The quantitative estimate of drug-likeness (QED) is 0.628. The summed E-state index contributed by atoms with van der Waals surface area (Å²) >= 11 is 0. The summed E-state index contributed by atoms with van der Waals surface area (Å²) in [5.74, 6) is 0.376. The summed E-state index contributed by atoms with van der Waals surface area (Å²) in [5.41, 5.74) is 5.64. The minimum atomic E-state index is -0.365. The molecule has 0 aliphatic carbocycles. The number of hydrogen-bond acceptors (Lipinski definition) is 3. The standard InChI is InChI=1S/C12H10FN3O/c13-8-2-1-3-9(6-8)17-10-4-5-11(12(14)15)16-7-10/h1-7H,(H3,14,15). The zero-order valence-corrected chi connectivity index (χ0v) is 8.85. The highest BCUT2D eigenvalue weighted by Gasteiger charge is 2.01. The van der Waals surface area contributed by atoms with E-state index in [2.05, 4.69) is 4.98 Å². The molecule has 0 saturated heterocycles. The predicted molar refractivity (Wildman–Crippen MR) is 61.7 cm³/mol. The maximum absolute atomic E-state index is 12.9. The maximum atomic E-state index is 12.9. The SMILES string of the molecule is N=C(N)c1ccc(Oc2cccc(F)c2)cn1. The molecular formula is C12H10FN3O. The molecule has 0 unspecified atom stereocenters. The van der Waals surface area contributed by atoms with E-state index in [0.717, 1.165) is 0 Å². The molecule has 3 N–H and O–H groups in total. The van der Waals surface area contributed by atoms with Crippen molar-refractivity contribution in [3.8, 4) is 11.5 Å². The number of nitrogen functional groups attached to an aromatic ring is 1. The first kappa shape index (κ1) is 11.1. The zero-order chi connectivity index (χ0) is 12.3. The fourth-order valence-corrected chi connectivity index (χ4v) is 1.27. The van der Waals surface area contributed by atoms with E-state index in [9.17, 15) is 4.39 Å². The summed E-state index contributed by atoms with van der Waals surface area (Å²) < 4.78 is 18.3. The van der Waals surface area contributed by atoms with Crippen molar-refractivity contribution in [3.05, 3.63) is 54.1 Å². The molecule has 86 valence electrons. The van der Waals surface area contributed by atoms with Gasteiger partial charge in [0.05, 0.1) is 6.20 Å². The van der Waals surface area contributed by atoms with Crippen molar-refractivity contribution in [2.45, 2.75) is 0 Å². The van der Waals surface area contributed by atoms with E-state index in [1.54, 1.807) is 24.3 Å². The molecule has 17 heavy (non-hydrogen) atoms. The van der Waals surface area contributed by atoms with Crippen molar-refractivity contribution >= 4 is 5.84 Å². The van der Waals surface area contributed by atoms with Gasteiger partial charge < -0.3 is 10.5 Å². The van der Waals surface area contributed by atoms with Gasteiger partial charge in [-0.25, -0.2) is 9.37 Å². The lowest BCUT2D eigenvalue weighted by atomic mass is 10.3. The Hall–Kier alpha value is -2.43. The van der Waals surface area contributed by atoms with Crippen molar-refractivity contribution in [1.29, 1.82) is 5.41 Å². The third-order valence-corrected chi connectivity index (χ3v) is 2.04. The van der Waals surface area contributed by atoms with Gasteiger partial charge in [-0.3, -0.25) is 5.41 Å². The molecule has 2 aromatic rings. The summed E-state index contributed by atoms with van der Waals surface area (Å²) in [6, 6.07) is 9.00. The van der Waals surface area contributed by atoms with Crippen molar-refractivity contribution in [2.24, 2.45) is 5.73 Å². The van der Waals surface area contributed by atoms with Crippen LogP contribution >= 0.6 is 0 Å². The highest BCUT2D eigenvalue weighted by atomic mass is 19.1. The molecule has 0 fully saturated rings. The van der Waals surface area contributed by atoms with Crippen LogP contribution in [0.4, 0.5) is 4.39 Å². The molecule has 0 saturated carbocycles. The Kier molecular flexibility index (Phi) is 3.00. The van der Waals surface area contributed by atoms with Crippen molar-refractivity contribution in [3.63, 3.8) is 0 Å². The molecule has 0 radical (unpaired) electrons. The first-order valence-electron chi connectivity index (χ1n) is 4.89. The number of rotatable bonds is 3. The summed E-state index contributed by atoms with van der Waals surface area (Å²) in [4.78, 5) is 3.93. The Labute approximate surface area is 97.4 Å². The fourth-order valence-electron chi connectivity index (χ4n) is 1.27. The van der Waals surface area contributed by atoms with Crippen molar-refractivity contribution in [2.75, 3.05) is 0 Å². The monoisotopic (exact) mass is 231 g/mol. The second-order valence-electron chi connectivity index (χ2n) is 3.35. The van der Waals surface area contributed by atoms with Crippen LogP contribution in [0.2, 0.25) is 0 Å². The molecule has 1 aromatic carbocycles. The number of hydrogen-bond donors (Lipinski definition) is 2. The summed E-state index contributed by atoms with van der Waals surface area (Å²) in [5, 5.41) is 7.18. The number of benzene rings is 1. The van der Waals surface area contributed by atoms with E-state index in [1.807, 2.05) is 0 Å². The Balaban J connectivity index is 2.16. The van der Waals surface area contributed by atoms with E-state index < -0.39 is 0 Å². The number of ether oxygens (including phenoxy) is 1. The maximum Gasteiger partial charge on any atom is 0.145 e. The number of amidine groups is 1. The smallest absolute Gasteiger partial charge is 0.145 e. The van der Waals surface area contributed by atoms with Gasteiger partial charge in [0.1, 0.15) is 28.8 Å². The largest absolute Gasteiger partial charge is 0.456 e. The third-order valence-electron chi connectivity index (χ3n) is 2.04. The summed E-state index contributed by atoms with van der Waals surface area (Å²) in [6.07, 6.45) is 1.43. The molecule has 0 spiro atoms. The molecule has 0 atom stereocenters. The Morgan fingerprint density at radius 1 is 1.24 bits per heavy atom. The normalized spacial score (nSPS) is 9.94. The van der Waals surface area contributed by atoms with Crippen LogP contribution in [0.3, 0.4) is 0 Å². The van der Waals surface area contributed by atoms with Crippen LogP contribution in [0.15, 0.2) is 42.6 Å². The number of pyridine rings is 1. The number of nitrogens with one attached hydrogen (secondary N) is 1. The lowest BCUT2D eigenvalue weighted by molar-refractivity contribution is 0.474. The number of halogens is 1. The van der Waals surface area contributed by atoms with Crippen molar-refractivity contribution in [1.82, 2.24) is 4.98 Å². The molecule has 0 bridgehead atoms. The van der Waals surface area contributed by atoms with Gasteiger partial charge in [-0.1, -0.05) is 6.07 Å². The van der Waals surface area contributed by atoms with Gasteiger partial charge >= 0.3 is 0 Å². The lowest BCUT2D eigenvalue weighted by Gasteiger charge is -2.05. The topological polar surface area (TPSA) is 72.0 Å². The number of nitrogens with zero attached hydrogens (tertiary/aromatic N) is 1. The van der Waals surface area contributed by atoms with E-state index in [4.69, 9.17) is 15.9 Å². The highest BCUT2D eigenvalue weighted by molar-refractivity contribution is 5.92. The van der Waals surface area contributed by atoms with Gasteiger partial charge in [-0.2, -0.15) is 0 Å². The molecule has 4 nitrogen and oxygen atoms in total. The number of nitrogens with two attached hydrogens (primary N) is 1. The molecule has 0 amide bonds. The average molecular weight is 231 g/mol. The minimum Gasteiger partial charge on any atom is -0.456 e. The summed E-state index contributed by atoms with van der Waals surface area (Å²) in [7, 11) is 0. The fraction of sp³-hybridized carbons (Fsp3) is 0. The van der Waals surface area contributed by atoms with Crippen LogP contribution in [0, 0.1) is 11.2 Å².